The lowest BCUT2D eigenvalue weighted by molar-refractivity contribution is -0.135. The Morgan fingerprint density at radius 1 is 1.25 bits per heavy atom. The van der Waals surface area contributed by atoms with Crippen LogP contribution in [-0.2, 0) is 14.3 Å². The minimum atomic E-state index is -1.07. The zero-order valence-corrected chi connectivity index (χ0v) is 9.16. The van der Waals surface area contributed by atoms with Gasteiger partial charge in [0.1, 0.15) is 0 Å². The second-order valence-electron chi connectivity index (χ2n) is 2.36. The Morgan fingerprint density at radius 3 is 2.50 bits per heavy atom. The highest BCUT2D eigenvalue weighted by Gasteiger charge is 2.22. The number of nitrogens with one attached hydrogen (secondary N) is 1. The minimum Gasteiger partial charge on any atom is -0.463 e. The number of ketones is 1. The fourth-order valence-corrected chi connectivity index (χ4v) is 1.24. The molecule has 0 atom stereocenters. The molecule has 1 amide bonds. The smallest absolute Gasteiger partial charge is 0.413 e. The van der Waals surface area contributed by atoms with E-state index in [1.54, 1.807) is 0 Å². The highest BCUT2D eigenvalue weighted by Crippen LogP contribution is 2.11. The van der Waals surface area contributed by atoms with Crippen molar-refractivity contribution in [3.05, 3.63) is 5.82 Å². The van der Waals surface area contributed by atoms with Crippen molar-refractivity contribution in [2.75, 3.05) is 19.5 Å². The van der Waals surface area contributed by atoms with Crippen molar-refractivity contribution < 1.29 is 23.9 Å². The Hall–Kier alpha value is -2.03. The number of nitrogens with zero attached hydrogens (tertiary/aromatic N) is 2. The molecule has 0 spiro atoms. The normalized spacial score (nSPS) is 9.38. The molecule has 9 heteroatoms. The van der Waals surface area contributed by atoms with Gasteiger partial charge in [-0.05, 0) is 0 Å². The molecule has 0 unspecified atom stereocenters. The molecule has 0 saturated carbocycles. The molecule has 0 aliphatic heterocycles. The Labute approximate surface area is 93.7 Å². The summed E-state index contributed by atoms with van der Waals surface area (Å²) in [5.41, 5.74) is 0. The molecule has 1 aromatic rings. The van der Waals surface area contributed by atoms with Gasteiger partial charge >= 0.3 is 17.8 Å². The number of Topliss-reactive ketones (excluding diaryl/α,β-unsaturated/α-hetero) is 1. The van der Waals surface area contributed by atoms with E-state index in [-0.39, 0.29) is 11.0 Å². The van der Waals surface area contributed by atoms with Crippen LogP contribution in [0, 0.1) is 0 Å². The first-order valence-electron chi connectivity index (χ1n) is 3.89. The van der Waals surface area contributed by atoms with Gasteiger partial charge in [-0.2, -0.15) is 9.36 Å². The first kappa shape index (κ1) is 12.0. The van der Waals surface area contributed by atoms with E-state index >= 15 is 0 Å². The molecule has 1 N–H and O–H groups in total. The predicted octanol–water partition coefficient (Wildman–Crippen LogP) is 0.0721. The summed E-state index contributed by atoms with van der Waals surface area (Å²) in [6.07, 6.45) is -0.742. The second kappa shape index (κ2) is 5.16. The molecule has 1 aromatic heterocycles. The summed E-state index contributed by atoms with van der Waals surface area (Å²) >= 11 is 0.748. The third-order valence-corrected chi connectivity index (χ3v) is 2.02. The number of carbonyl (C=O) groups is 3. The molecule has 16 heavy (non-hydrogen) atoms. The fourth-order valence-electron chi connectivity index (χ4n) is 0.689. The minimum absolute atomic E-state index is 0.0547. The fraction of sp³-hybridized carbons (Fsp3) is 0.286. The van der Waals surface area contributed by atoms with Gasteiger partial charge < -0.3 is 9.47 Å². The number of hydrogen-bond donors (Lipinski definition) is 1. The molecule has 1 heterocycles. The zero-order chi connectivity index (χ0) is 12.1. The van der Waals surface area contributed by atoms with Crippen molar-refractivity contribution in [3.8, 4) is 0 Å². The monoisotopic (exact) mass is 245 g/mol. The Balaban J connectivity index is 2.75. The molecule has 0 bridgehead atoms. The number of amides is 1. The molecule has 1 rings (SSSR count). The second-order valence-corrected chi connectivity index (χ2v) is 3.11. The van der Waals surface area contributed by atoms with Gasteiger partial charge in [0.15, 0.2) is 0 Å². The first-order chi connectivity index (χ1) is 7.58. The molecule has 0 fully saturated rings. The number of hydrogen-bond acceptors (Lipinski definition) is 8. The molecule has 0 saturated heterocycles. The van der Waals surface area contributed by atoms with Gasteiger partial charge in [-0.3, -0.25) is 10.1 Å². The van der Waals surface area contributed by atoms with Crippen LogP contribution < -0.4 is 5.32 Å². The Kier molecular flexibility index (Phi) is 3.89. The molecule has 0 radical (unpaired) electrons. The maximum atomic E-state index is 11.2. The standard InChI is InChI=1S/C7H7N3O5S/c1-14-5(12)3(11)4-8-6(16-10-4)9-7(13)15-2/h1-2H3,(H,8,9,10,13). The zero-order valence-electron chi connectivity index (χ0n) is 8.34. The maximum Gasteiger partial charge on any atom is 0.413 e. The third kappa shape index (κ3) is 2.73. The summed E-state index contributed by atoms with van der Waals surface area (Å²) in [4.78, 5) is 36.4. The average molecular weight is 245 g/mol. The molecular formula is C7H7N3O5S. The van der Waals surface area contributed by atoms with Gasteiger partial charge in [0.25, 0.3) is 0 Å². The lowest BCUT2D eigenvalue weighted by Gasteiger charge is -1.96. The molecule has 86 valence electrons. The summed E-state index contributed by atoms with van der Waals surface area (Å²) in [5.74, 6) is -2.37. The number of carbonyl (C=O) groups excluding carboxylic acids is 3. The van der Waals surface area contributed by atoms with Crippen molar-refractivity contribution in [2.24, 2.45) is 0 Å². The van der Waals surface area contributed by atoms with E-state index in [1.807, 2.05) is 0 Å². The number of rotatable bonds is 3. The molecule has 0 aliphatic carbocycles. The van der Waals surface area contributed by atoms with Crippen LogP contribution in [-0.4, -0.2) is 41.4 Å². The predicted molar refractivity (Wildman–Crippen MR) is 52.3 cm³/mol. The number of methoxy groups -OCH3 is 2. The van der Waals surface area contributed by atoms with Crippen molar-refractivity contribution in [1.82, 2.24) is 9.36 Å². The summed E-state index contributed by atoms with van der Waals surface area (Å²) in [6.45, 7) is 0. The Morgan fingerprint density at radius 2 is 1.94 bits per heavy atom. The first-order valence-corrected chi connectivity index (χ1v) is 4.67. The quantitative estimate of drug-likeness (QED) is 0.456. The van der Waals surface area contributed by atoms with Crippen LogP contribution >= 0.6 is 11.5 Å². The van der Waals surface area contributed by atoms with Gasteiger partial charge in [-0.1, -0.05) is 0 Å². The van der Waals surface area contributed by atoms with Gasteiger partial charge in [0.05, 0.1) is 14.2 Å². The average Bonchev–Trinajstić information content (AvgIpc) is 2.75. The maximum absolute atomic E-state index is 11.2. The van der Waals surface area contributed by atoms with Crippen LogP contribution in [0.2, 0.25) is 0 Å². The van der Waals surface area contributed by atoms with Gasteiger partial charge in [-0.15, -0.1) is 0 Å². The van der Waals surface area contributed by atoms with Crippen LogP contribution in [0.4, 0.5) is 9.93 Å². The van der Waals surface area contributed by atoms with Crippen LogP contribution in [0.1, 0.15) is 10.6 Å². The summed E-state index contributed by atoms with van der Waals surface area (Å²) in [7, 11) is 2.25. The van der Waals surface area contributed by atoms with Crippen LogP contribution in [0.15, 0.2) is 0 Å². The van der Waals surface area contributed by atoms with E-state index in [1.165, 1.54) is 7.11 Å². The van der Waals surface area contributed by atoms with E-state index < -0.39 is 17.8 Å². The van der Waals surface area contributed by atoms with E-state index in [2.05, 4.69) is 24.1 Å². The molecule has 8 nitrogen and oxygen atoms in total. The molecular weight excluding hydrogens is 238 g/mol. The largest absolute Gasteiger partial charge is 0.463 e. The highest BCUT2D eigenvalue weighted by atomic mass is 32.1. The molecule has 0 aromatic carbocycles. The number of esters is 1. The summed E-state index contributed by atoms with van der Waals surface area (Å²) in [6, 6.07) is 0. The SMILES string of the molecule is COC(=O)Nc1nc(C(=O)C(=O)OC)ns1. The molecule has 0 aliphatic rings. The van der Waals surface area contributed by atoms with Crippen molar-refractivity contribution in [2.45, 2.75) is 0 Å². The van der Waals surface area contributed by atoms with E-state index in [9.17, 15) is 14.4 Å². The van der Waals surface area contributed by atoms with Crippen LogP contribution in [0.5, 0.6) is 0 Å². The van der Waals surface area contributed by atoms with Crippen LogP contribution in [0.25, 0.3) is 0 Å². The lowest BCUT2D eigenvalue weighted by atomic mass is 10.4. The Bertz CT molecular complexity index is 429. The summed E-state index contributed by atoms with van der Waals surface area (Å²) in [5, 5.41) is 2.26. The lowest BCUT2D eigenvalue weighted by Crippen LogP contribution is -2.17. The van der Waals surface area contributed by atoms with Crippen molar-refractivity contribution in [3.63, 3.8) is 0 Å². The van der Waals surface area contributed by atoms with Crippen LogP contribution in [0.3, 0.4) is 0 Å². The van der Waals surface area contributed by atoms with Gasteiger partial charge in [0.2, 0.25) is 11.0 Å². The third-order valence-electron chi connectivity index (χ3n) is 1.39. The van der Waals surface area contributed by atoms with E-state index in [4.69, 9.17) is 0 Å². The van der Waals surface area contributed by atoms with Crippen molar-refractivity contribution in [1.29, 1.82) is 0 Å². The summed E-state index contributed by atoms with van der Waals surface area (Å²) < 4.78 is 12.1. The van der Waals surface area contributed by atoms with Crippen molar-refractivity contribution >= 4 is 34.5 Å². The number of aromatic nitrogens is 2. The number of ether oxygens (including phenoxy) is 2. The number of anilines is 1. The highest BCUT2D eigenvalue weighted by molar-refractivity contribution is 7.10. The van der Waals surface area contributed by atoms with Gasteiger partial charge in [0, 0.05) is 11.5 Å². The topological polar surface area (TPSA) is 107 Å². The van der Waals surface area contributed by atoms with E-state index in [0.29, 0.717) is 0 Å². The van der Waals surface area contributed by atoms with Gasteiger partial charge in [-0.25, -0.2) is 9.59 Å². The van der Waals surface area contributed by atoms with E-state index in [0.717, 1.165) is 18.6 Å².